The van der Waals surface area contributed by atoms with E-state index in [1.165, 1.54) is 0 Å². The van der Waals surface area contributed by atoms with Crippen LogP contribution >= 0.6 is 23.2 Å². The van der Waals surface area contributed by atoms with Gasteiger partial charge in [0.25, 0.3) is 0 Å². The smallest absolute Gasteiger partial charge is 0.188 e. The van der Waals surface area contributed by atoms with Crippen LogP contribution < -0.4 is 18.9 Å². The van der Waals surface area contributed by atoms with Crippen LogP contribution in [0, 0.1) is 6.92 Å². The molecule has 4 nitrogen and oxygen atoms in total. The van der Waals surface area contributed by atoms with Gasteiger partial charge in [0.1, 0.15) is 29.6 Å². The van der Waals surface area contributed by atoms with Gasteiger partial charge in [0.05, 0.1) is 24.3 Å². The highest BCUT2D eigenvalue weighted by Crippen LogP contribution is 2.33. The summed E-state index contributed by atoms with van der Waals surface area (Å²) in [6, 6.07) is 11.0. The maximum atomic E-state index is 12.5. The average Bonchev–Trinajstić information content (AvgIpc) is 2.67. The lowest BCUT2D eigenvalue weighted by atomic mass is 10.2. The maximum absolute atomic E-state index is 12.5. The van der Waals surface area contributed by atoms with Crippen molar-refractivity contribution < 1.29 is 23.3 Å². The predicted molar refractivity (Wildman–Crippen MR) is 119 cm³/mol. The first-order chi connectivity index (χ1) is 14.3. The van der Waals surface area contributed by atoms with Gasteiger partial charge in [-0.25, -0.2) is 0 Å². The van der Waals surface area contributed by atoms with Crippen molar-refractivity contribution in [3.63, 3.8) is 0 Å². The van der Waals surface area contributed by atoms with Gasteiger partial charge in [-0.05, 0) is 69.5 Å². The maximum Gasteiger partial charge on any atom is 0.188 e. The van der Waals surface area contributed by atoms with Crippen molar-refractivity contribution in [1.29, 1.82) is 0 Å². The van der Waals surface area contributed by atoms with Gasteiger partial charge in [-0.3, -0.25) is 0 Å². The van der Waals surface area contributed by atoms with Gasteiger partial charge in [-0.2, -0.15) is 4.39 Å². The van der Waals surface area contributed by atoms with Crippen LogP contribution in [0.3, 0.4) is 0 Å². The monoisotopic (exact) mass is 456 g/mol. The third kappa shape index (κ3) is 8.72. The van der Waals surface area contributed by atoms with Gasteiger partial charge in [0.2, 0.25) is 0 Å². The normalized spacial score (nSPS) is 11.5. The molecule has 0 aromatic heterocycles. The molecule has 0 amide bonds. The molecule has 0 aliphatic heterocycles. The van der Waals surface area contributed by atoms with E-state index in [-0.39, 0.29) is 12.7 Å². The largest absolute Gasteiger partial charge is 0.494 e. The Hall–Kier alpha value is -2.11. The minimum atomic E-state index is -0.807. The van der Waals surface area contributed by atoms with Crippen molar-refractivity contribution in [3.05, 3.63) is 58.3 Å². The summed E-state index contributed by atoms with van der Waals surface area (Å²) in [6.07, 6.45) is 2.95. The van der Waals surface area contributed by atoms with Crippen LogP contribution in [0.15, 0.2) is 47.8 Å². The Morgan fingerprint density at radius 3 is 2.20 bits per heavy atom. The molecule has 2 rings (SSSR count). The summed E-state index contributed by atoms with van der Waals surface area (Å²) in [5.74, 6) is 2.78. The van der Waals surface area contributed by atoms with Gasteiger partial charge in [-0.1, -0.05) is 23.2 Å². The molecule has 30 heavy (non-hydrogen) atoms. The molecule has 2 aromatic rings. The fourth-order valence-electron chi connectivity index (χ4n) is 2.62. The topological polar surface area (TPSA) is 36.9 Å². The molecule has 0 saturated heterocycles. The molecule has 2 aromatic carbocycles. The van der Waals surface area contributed by atoms with Gasteiger partial charge in [0, 0.05) is 12.1 Å². The first-order valence-electron chi connectivity index (χ1n) is 9.81. The summed E-state index contributed by atoms with van der Waals surface area (Å²) in [5, 5.41) is -0.362. The molecule has 0 heterocycles. The van der Waals surface area contributed by atoms with E-state index in [1.54, 1.807) is 12.1 Å². The molecule has 0 spiro atoms. The zero-order chi connectivity index (χ0) is 21.9. The molecule has 0 bridgehead atoms. The first-order valence-corrected chi connectivity index (χ1v) is 10.6. The molecule has 0 aliphatic rings. The van der Waals surface area contributed by atoms with E-state index in [9.17, 15) is 4.39 Å². The lowest BCUT2D eigenvalue weighted by Gasteiger charge is -2.13. The molecule has 0 aliphatic carbocycles. The van der Waals surface area contributed by atoms with Gasteiger partial charge in [-0.15, -0.1) is 0 Å². The van der Waals surface area contributed by atoms with Crippen molar-refractivity contribution in [3.8, 4) is 23.0 Å². The number of ether oxygens (including phenoxy) is 4. The minimum absolute atomic E-state index is 0.0266. The van der Waals surface area contributed by atoms with Crippen LogP contribution in [0.5, 0.6) is 23.0 Å². The Labute approximate surface area is 187 Å². The number of unbranched alkanes of at least 4 members (excludes halogenated alkanes) is 1. The summed E-state index contributed by atoms with van der Waals surface area (Å²) in [6.45, 7) is 7.00. The quantitative estimate of drug-likeness (QED) is 0.319. The third-order valence-corrected chi connectivity index (χ3v) is 4.37. The Morgan fingerprint density at radius 1 is 0.967 bits per heavy atom. The van der Waals surface area contributed by atoms with Crippen LogP contribution in [-0.4, -0.2) is 25.9 Å². The van der Waals surface area contributed by atoms with E-state index in [0.29, 0.717) is 29.7 Å². The van der Waals surface area contributed by atoms with E-state index in [4.69, 9.17) is 42.1 Å². The highest BCUT2D eigenvalue weighted by molar-refractivity contribution is 6.32. The molecule has 0 N–H and O–H groups in total. The molecule has 0 unspecified atom stereocenters. The molecular weight excluding hydrogens is 430 g/mol. The Bertz CT molecular complexity index is 795. The van der Waals surface area contributed by atoms with Crippen LogP contribution in [0.1, 0.15) is 32.3 Å². The lowest BCUT2D eigenvalue weighted by Crippen LogP contribution is -2.05. The Balaban J connectivity index is 1.70. The van der Waals surface area contributed by atoms with E-state index < -0.39 is 5.29 Å². The van der Waals surface area contributed by atoms with Gasteiger partial charge < -0.3 is 18.9 Å². The average molecular weight is 457 g/mol. The second kappa shape index (κ2) is 12.6. The molecular formula is C23H27Cl2FO4. The standard InChI is InChI=1S/C23H27Cl2FO4/c1-16(2)30-19-8-6-18(7-9-19)27-11-4-5-12-29-23-17(3)14-20(15-21(23)24)28-13-10-22(25)26/h6-10,14-16H,4-5,11-13H2,1-3H3. The number of halogens is 3. The van der Waals surface area contributed by atoms with Crippen molar-refractivity contribution in [1.82, 2.24) is 0 Å². The highest BCUT2D eigenvalue weighted by atomic mass is 35.5. The molecule has 0 fully saturated rings. The SMILES string of the molecule is Cc1cc(OCC=C(F)Cl)cc(Cl)c1OCCCCOc1ccc(OC(C)C)cc1. The minimum Gasteiger partial charge on any atom is -0.494 e. The zero-order valence-corrected chi connectivity index (χ0v) is 18.9. The Morgan fingerprint density at radius 2 is 1.60 bits per heavy atom. The van der Waals surface area contributed by atoms with Crippen molar-refractivity contribution in [2.24, 2.45) is 0 Å². The summed E-state index contributed by atoms with van der Waals surface area (Å²) >= 11 is 11.4. The number of aryl methyl sites for hydroxylation is 1. The van der Waals surface area contributed by atoms with E-state index in [1.807, 2.05) is 45.0 Å². The number of hydrogen-bond donors (Lipinski definition) is 0. The molecule has 0 radical (unpaired) electrons. The first kappa shape index (κ1) is 24.2. The van der Waals surface area contributed by atoms with Crippen molar-refractivity contribution in [2.45, 2.75) is 39.7 Å². The molecule has 0 atom stereocenters. The predicted octanol–water partition coefficient (Wildman–Crippen LogP) is 7.10. The fourth-order valence-corrected chi connectivity index (χ4v) is 3.00. The van der Waals surface area contributed by atoms with E-state index in [2.05, 4.69) is 0 Å². The second-order valence-electron chi connectivity index (χ2n) is 6.90. The van der Waals surface area contributed by atoms with Crippen LogP contribution in [0.2, 0.25) is 5.02 Å². The van der Waals surface area contributed by atoms with Crippen molar-refractivity contribution in [2.75, 3.05) is 19.8 Å². The summed E-state index contributed by atoms with van der Waals surface area (Å²) in [5.41, 5.74) is 0.841. The van der Waals surface area contributed by atoms with Crippen molar-refractivity contribution >= 4 is 23.2 Å². The zero-order valence-electron chi connectivity index (χ0n) is 17.4. The lowest BCUT2D eigenvalue weighted by molar-refractivity contribution is 0.241. The summed E-state index contributed by atoms with van der Waals surface area (Å²) in [4.78, 5) is 0. The molecule has 164 valence electrons. The number of rotatable bonds is 12. The summed E-state index contributed by atoms with van der Waals surface area (Å²) in [7, 11) is 0. The van der Waals surface area contributed by atoms with Crippen LogP contribution in [0.4, 0.5) is 4.39 Å². The van der Waals surface area contributed by atoms with Crippen LogP contribution in [-0.2, 0) is 0 Å². The molecule has 7 heteroatoms. The fraction of sp³-hybridized carbons (Fsp3) is 0.391. The van der Waals surface area contributed by atoms with E-state index in [0.717, 1.165) is 36.0 Å². The van der Waals surface area contributed by atoms with Gasteiger partial charge in [0.15, 0.2) is 5.29 Å². The third-order valence-electron chi connectivity index (χ3n) is 3.94. The highest BCUT2D eigenvalue weighted by Gasteiger charge is 2.09. The van der Waals surface area contributed by atoms with Gasteiger partial charge >= 0.3 is 0 Å². The Kier molecular flexibility index (Phi) is 10.1. The van der Waals surface area contributed by atoms with Crippen LogP contribution in [0.25, 0.3) is 0 Å². The second-order valence-corrected chi connectivity index (χ2v) is 7.67. The molecule has 0 saturated carbocycles. The summed E-state index contributed by atoms with van der Waals surface area (Å²) < 4.78 is 35.1. The van der Waals surface area contributed by atoms with E-state index >= 15 is 0 Å². The number of benzene rings is 2. The number of hydrogen-bond acceptors (Lipinski definition) is 4.